The van der Waals surface area contributed by atoms with E-state index in [1.165, 1.54) is 19.3 Å². The highest BCUT2D eigenvalue weighted by molar-refractivity contribution is 5.64. The predicted molar refractivity (Wildman–Crippen MR) is 74.2 cm³/mol. The molecule has 2 heterocycles. The number of anilines is 1. The Balaban J connectivity index is 1.74. The summed E-state index contributed by atoms with van der Waals surface area (Å²) in [5, 5.41) is 17.6. The lowest BCUT2D eigenvalue weighted by atomic mass is 10.0. The molecular weight excluding hydrogens is 238 g/mol. The largest absolute Gasteiger partial charge is 0.508 e. The van der Waals surface area contributed by atoms with E-state index in [1.807, 2.05) is 12.1 Å². The number of benzene rings is 1. The maximum absolute atomic E-state index is 9.35. The van der Waals surface area contributed by atoms with Gasteiger partial charge in [-0.05, 0) is 43.0 Å². The second kappa shape index (κ2) is 4.02. The molecule has 1 aliphatic carbocycles. The highest BCUT2D eigenvalue weighted by atomic mass is 16.3. The summed E-state index contributed by atoms with van der Waals surface area (Å²) in [5.41, 5.74) is 2.03. The monoisotopic (exact) mass is 255 g/mol. The number of phenolic OH excluding ortho intramolecular Hbond substituents is 1. The highest BCUT2D eigenvalue weighted by Crippen LogP contribution is 2.41. The zero-order valence-electron chi connectivity index (χ0n) is 10.7. The summed E-state index contributed by atoms with van der Waals surface area (Å²) in [6, 6.07) is 9.92. The number of nitrogens with zero attached hydrogens (tertiary/aromatic N) is 2. The van der Waals surface area contributed by atoms with Gasteiger partial charge in [0.25, 0.3) is 0 Å². The van der Waals surface area contributed by atoms with Crippen LogP contribution in [0.2, 0.25) is 0 Å². The van der Waals surface area contributed by atoms with E-state index < -0.39 is 0 Å². The van der Waals surface area contributed by atoms with Crippen molar-refractivity contribution in [3.63, 3.8) is 0 Å². The van der Waals surface area contributed by atoms with E-state index in [-0.39, 0.29) is 0 Å². The molecule has 19 heavy (non-hydrogen) atoms. The van der Waals surface area contributed by atoms with E-state index in [4.69, 9.17) is 5.10 Å². The molecule has 1 aromatic carbocycles. The molecule has 0 saturated heterocycles. The Morgan fingerprint density at radius 1 is 1.21 bits per heavy atom. The molecular formula is C15H17N3O. The Morgan fingerprint density at radius 2 is 2.05 bits per heavy atom. The van der Waals surface area contributed by atoms with Gasteiger partial charge in [-0.1, -0.05) is 6.42 Å². The Hall–Kier alpha value is -1.97. The Labute approximate surface area is 112 Å². The van der Waals surface area contributed by atoms with Crippen LogP contribution in [0.4, 0.5) is 5.82 Å². The number of fused-ring (bicyclic) bond motifs is 3. The van der Waals surface area contributed by atoms with Gasteiger partial charge in [0.2, 0.25) is 0 Å². The van der Waals surface area contributed by atoms with Crippen LogP contribution in [-0.2, 0) is 0 Å². The third-order valence-corrected chi connectivity index (χ3v) is 4.38. The van der Waals surface area contributed by atoms with Gasteiger partial charge in [0.05, 0.1) is 11.7 Å². The number of hydrogen-bond acceptors (Lipinski definition) is 3. The first kappa shape index (κ1) is 10.9. The second-order valence-corrected chi connectivity index (χ2v) is 5.55. The fourth-order valence-electron chi connectivity index (χ4n) is 3.37. The summed E-state index contributed by atoms with van der Waals surface area (Å²) in [4.78, 5) is 0. The number of aromatic nitrogens is 2. The summed E-state index contributed by atoms with van der Waals surface area (Å²) in [5.74, 6) is 2.16. The first-order valence-corrected chi connectivity index (χ1v) is 6.94. The van der Waals surface area contributed by atoms with Crippen LogP contribution in [0.15, 0.2) is 30.3 Å². The van der Waals surface area contributed by atoms with Crippen LogP contribution in [0.25, 0.3) is 11.3 Å². The maximum Gasteiger partial charge on any atom is 0.125 e. The molecule has 2 atom stereocenters. The molecule has 1 aromatic heterocycles. The molecule has 0 bridgehead atoms. The van der Waals surface area contributed by atoms with Crippen LogP contribution < -0.4 is 5.32 Å². The quantitative estimate of drug-likeness (QED) is 0.823. The number of phenols is 1. The first-order valence-electron chi connectivity index (χ1n) is 6.94. The molecule has 4 heteroatoms. The van der Waals surface area contributed by atoms with Crippen molar-refractivity contribution < 1.29 is 5.11 Å². The summed E-state index contributed by atoms with van der Waals surface area (Å²) < 4.78 is 2.17. The Bertz CT molecular complexity index is 602. The normalized spacial score (nSPS) is 24.6. The number of rotatable bonds is 1. The fourth-order valence-corrected chi connectivity index (χ4v) is 3.37. The van der Waals surface area contributed by atoms with Gasteiger partial charge in [0, 0.05) is 18.2 Å². The van der Waals surface area contributed by atoms with Gasteiger partial charge >= 0.3 is 0 Å². The summed E-state index contributed by atoms with van der Waals surface area (Å²) in [6.45, 7) is 1.07. The van der Waals surface area contributed by atoms with Gasteiger partial charge < -0.3 is 10.4 Å². The van der Waals surface area contributed by atoms with E-state index in [0.717, 1.165) is 29.5 Å². The summed E-state index contributed by atoms with van der Waals surface area (Å²) >= 11 is 0. The second-order valence-electron chi connectivity index (χ2n) is 5.55. The number of aromatic hydroxyl groups is 1. The SMILES string of the molecule is Oc1ccc(-c2cc3n(n2)C2CCCC2CN3)cc1. The van der Waals surface area contributed by atoms with Crippen molar-refractivity contribution in [2.75, 3.05) is 11.9 Å². The molecule has 1 aliphatic heterocycles. The maximum atomic E-state index is 9.35. The lowest BCUT2D eigenvalue weighted by molar-refractivity contribution is 0.348. The molecule has 0 spiro atoms. The molecule has 0 amide bonds. The minimum atomic E-state index is 0.293. The average Bonchev–Trinajstić information content (AvgIpc) is 3.04. The van der Waals surface area contributed by atoms with Gasteiger partial charge in [0.15, 0.2) is 0 Å². The minimum absolute atomic E-state index is 0.293. The highest BCUT2D eigenvalue weighted by Gasteiger charge is 2.34. The van der Waals surface area contributed by atoms with Crippen LogP contribution in [0.5, 0.6) is 5.75 Å². The van der Waals surface area contributed by atoms with Gasteiger partial charge in [-0.3, -0.25) is 0 Å². The Kier molecular flexibility index (Phi) is 2.31. The van der Waals surface area contributed by atoms with Crippen LogP contribution in [-0.4, -0.2) is 21.4 Å². The molecule has 0 radical (unpaired) electrons. The molecule has 2 aromatic rings. The Morgan fingerprint density at radius 3 is 2.89 bits per heavy atom. The van der Waals surface area contributed by atoms with E-state index in [0.29, 0.717) is 11.8 Å². The van der Waals surface area contributed by atoms with Crippen LogP contribution in [0.3, 0.4) is 0 Å². The lowest BCUT2D eigenvalue weighted by Crippen LogP contribution is -2.29. The first-order chi connectivity index (χ1) is 9.31. The van der Waals surface area contributed by atoms with Crippen molar-refractivity contribution in [1.29, 1.82) is 0 Å². The van der Waals surface area contributed by atoms with Crippen molar-refractivity contribution in [3.8, 4) is 17.0 Å². The topological polar surface area (TPSA) is 50.1 Å². The zero-order valence-corrected chi connectivity index (χ0v) is 10.7. The molecule has 4 rings (SSSR count). The number of hydrogen-bond donors (Lipinski definition) is 2. The van der Waals surface area contributed by atoms with E-state index in [9.17, 15) is 5.11 Å². The van der Waals surface area contributed by atoms with Gasteiger partial charge in [-0.25, -0.2) is 4.68 Å². The minimum Gasteiger partial charge on any atom is -0.508 e. The van der Waals surface area contributed by atoms with Gasteiger partial charge in [0.1, 0.15) is 11.6 Å². The van der Waals surface area contributed by atoms with Crippen LogP contribution in [0, 0.1) is 5.92 Å². The molecule has 1 saturated carbocycles. The third kappa shape index (κ3) is 1.70. The smallest absolute Gasteiger partial charge is 0.125 e. The molecule has 2 N–H and O–H groups in total. The zero-order chi connectivity index (χ0) is 12.8. The molecule has 2 unspecified atom stereocenters. The summed E-state index contributed by atoms with van der Waals surface area (Å²) in [7, 11) is 0. The molecule has 1 fully saturated rings. The molecule has 4 nitrogen and oxygen atoms in total. The lowest BCUT2D eigenvalue weighted by Gasteiger charge is -2.28. The summed E-state index contributed by atoms with van der Waals surface area (Å²) in [6.07, 6.45) is 3.87. The predicted octanol–water partition coefficient (Wildman–Crippen LogP) is 3.02. The van der Waals surface area contributed by atoms with Crippen LogP contribution >= 0.6 is 0 Å². The van der Waals surface area contributed by atoms with Crippen molar-refractivity contribution in [2.45, 2.75) is 25.3 Å². The van der Waals surface area contributed by atoms with Crippen molar-refractivity contribution in [3.05, 3.63) is 30.3 Å². The average molecular weight is 255 g/mol. The van der Waals surface area contributed by atoms with Crippen LogP contribution in [0.1, 0.15) is 25.3 Å². The third-order valence-electron chi connectivity index (χ3n) is 4.38. The van der Waals surface area contributed by atoms with Gasteiger partial charge in [-0.2, -0.15) is 5.10 Å². The van der Waals surface area contributed by atoms with Crippen molar-refractivity contribution in [1.82, 2.24) is 9.78 Å². The van der Waals surface area contributed by atoms with Crippen molar-refractivity contribution in [2.24, 2.45) is 5.92 Å². The van der Waals surface area contributed by atoms with E-state index in [1.54, 1.807) is 12.1 Å². The number of nitrogens with one attached hydrogen (secondary N) is 1. The standard InChI is InChI=1S/C15H17N3O/c19-12-6-4-10(5-7-12)13-8-15-16-9-11-2-1-3-14(11)18(15)17-13/h4-8,11,14,16,19H,1-3,9H2. The van der Waals surface area contributed by atoms with E-state index in [2.05, 4.69) is 16.1 Å². The molecule has 98 valence electrons. The fraction of sp³-hybridized carbons (Fsp3) is 0.400. The molecule has 2 aliphatic rings. The van der Waals surface area contributed by atoms with E-state index >= 15 is 0 Å². The van der Waals surface area contributed by atoms with Crippen molar-refractivity contribution >= 4 is 5.82 Å². The van der Waals surface area contributed by atoms with Gasteiger partial charge in [-0.15, -0.1) is 0 Å².